The van der Waals surface area contributed by atoms with Crippen LogP contribution in [0, 0.1) is 0 Å². The molecule has 2 N–H and O–H groups in total. The fourth-order valence-electron chi connectivity index (χ4n) is 2.66. The molecule has 0 aliphatic carbocycles. The highest BCUT2D eigenvalue weighted by molar-refractivity contribution is 5.97. The summed E-state index contributed by atoms with van der Waals surface area (Å²) in [6, 6.07) is 15.5. The lowest BCUT2D eigenvalue weighted by Crippen LogP contribution is -2.07. The van der Waals surface area contributed by atoms with Gasteiger partial charge in [-0.1, -0.05) is 30.3 Å². The monoisotopic (exact) mass is 306 g/mol. The van der Waals surface area contributed by atoms with Crippen LogP contribution in [0.15, 0.2) is 54.7 Å². The number of carbonyl (C=O) groups excluding carboxylic acids is 1. The number of hydrogen-bond donors (Lipinski definition) is 1. The Bertz CT molecular complexity index is 842. The Kier molecular flexibility index (Phi) is 4.24. The largest absolute Gasteiger partial charge is 0.466 e. The van der Waals surface area contributed by atoms with E-state index in [-0.39, 0.29) is 12.4 Å². The summed E-state index contributed by atoms with van der Waals surface area (Å²) in [5.74, 6) is -0.217. The van der Waals surface area contributed by atoms with Gasteiger partial charge in [-0.05, 0) is 36.1 Å². The van der Waals surface area contributed by atoms with Gasteiger partial charge in [-0.2, -0.15) is 0 Å². The highest BCUT2D eigenvalue weighted by Crippen LogP contribution is 2.29. The zero-order valence-electron chi connectivity index (χ0n) is 13.0. The van der Waals surface area contributed by atoms with Crippen molar-refractivity contribution < 1.29 is 9.53 Å². The van der Waals surface area contributed by atoms with Crippen molar-refractivity contribution in [3.8, 4) is 11.3 Å². The molecule has 3 rings (SSSR count). The number of rotatable bonds is 4. The normalized spacial score (nSPS) is 10.7. The molecule has 0 aliphatic rings. The number of benzene rings is 2. The number of esters is 1. The van der Waals surface area contributed by atoms with Crippen molar-refractivity contribution in [1.29, 1.82) is 0 Å². The molecule has 0 unspecified atom stereocenters. The lowest BCUT2D eigenvalue weighted by Gasteiger charge is -2.10. The van der Waals surface area contributed by atoms with E-state index in [9.17, 15) is 4.79 Å². The molecule has 0 saturated carbocycles. The molecule has 0 fully saturated rings. The predicted octanol–water partition coefficient (Wildman–Crippen LogP) is 3.59. The number of fused-ring (bicyclic) bond motifs is 1. The number of anilines is 1. The minimum atomic E-state index is -0.217. The maximum atomic E-state index is 11.8. The van der Waals surface area contributed by atoms with Gasteiger partial charge in [0.05, 0.1) is 18.7 Å². The lowest BCUT2D eigenvalue weighted by atomic mass is 9.99. The fraction of sp³-hybridized carbons (Fsp3) is 0.158. The van der Waals surface area contributed by atoms with E-state index in [2.05, 4.69) is 4.98 Å². The van der Waals surface area contributed by atoms with Gasteiger partial charge in [-0.15, -0.1) is 0 Å². The van der Waals surface area contributed by atoms with Gasteiger partial charge in [-0.25, -0.2) is 0 Å². The Morgan fingerprint density at radius 1 is 1.09 bits per heavy atom. The molecule has 3 aromatic rings. The Balaban J connectivity index is 2.08. The Labute approximate surface area is 134 Å². The van der Waals surface area contributed by atoms with E-state index in [1.54, 1.807) is 6.20 Å². The molecule has 0 bridgehead atoms. The van der Waals surface area contributed by atoms with Crippen LogP contribution >= 0.6 is 0 Å². The van der Waals surface area contributed by atoms with Crippen LogP contribution in [0.5, 0.6) is 0 Å². The van der Waals surface area contributed by atoms with Gasteiger partial charge in [-0.3, -0.25) is 9.78 Å². The maximum Gasteiger partial charge on any atom is 0.310 e. The van der Waals surface area contributed by atoms with E-state index < -0.39 is 0 Å². The van der Waals surface area contributed by atoms with Crippen molar-refractivity contribution in [1.82, 2.24) is 4.98 Å². The van der Waals surface area contributed by atoms with E-state index in [1.807, 2.05) is 55.5 Å². The zero-order chi connectivity index (χ0) is 16.2. The van der Waals surface area contributed by atoms with Crippen molar-refractivity contribution in [2.24, 2.45) is 0 Å². The molecule has 1 aromatic heterocycles. The van der Waals surface area contributed by atoms with Crippen LogP contribution in [0.3, 0.4) is 0 Å². The lowest BCUT2D eigenvalue weighted by molar-refractivity contribution is -0.142. The van der Waals surface area contributed by atoms with Gasteiger partial charge in [0.1, 0.15) is 0 Å². The summed E-state index contributed by atoms with van der Waals surface area (Å²) in [6.45, 7) is 2.20. The van der Waals surface area contributed by atoms with Crippen molar-refractivity contribution in [3.05, 3.63) is 60.3 Å². The molecule has 23 heavy (non-hydrogen) atoms. The Hall–Kier alpha value is -2.88. The molecule has 0 radical (unpaired) electrons. The quantitative estimate of drug-likeness (QED) is 0.591. The first-order valence-corrected chi connectivity index (χ1v) is 7.57. The number of hydrogen-bond acceptors (Lipinski definition) is 4. The summed E-state index contributed by atoms with van der Waals surface area (Å²) < 4.78 is 5.05. The first kappa shape index (κ1) is 15.0. The highest BCUT2D eigenvalue weighted by atomic mass is 16.5. The van der Waals surface area contributed by atoms with Crippen LogP contribution in [-0.4, -0.2) is 17.6 Å². The molecule has 0 saturated heterocycles. The van der Waals surface area contributed by atoms with Crippen LogP contribution in [-0.2, 0) is 16.0 Å². The third-order valence-corrected chi connectivity index (χ3v) is 3.72. The standard InChI is InChI=1S/C19H18N2O2/c1-2-23-18(22)12-14-4-3-5-17-16(14)10-11-21-19(17)13-6-8-15(20)9-7-13/h3-11H,2,12,20H2,1H3. The van der Waals surface area contributed by atoms with E-state index in [4.69, 9.17) is 10.5 Å². The molecule has 0 aliphatic heterocycles. The van der Waals surface area contributed by atoms with E-state index in [0.29, 0.717) is 6.61 Å². The molecule has 0 amide bonds. The van der Waals surface area contributed by atoms with Crippen molar-refractivity contribution in [3.63, 3.8) is 0 Å². The predicted molar refractivity (Wildman–Crippen MR) is 91.9 cm³/mol. The highest BCUT2D eigenvalue weighted by Gasteiger charge is 2.11. The van der Waals surface area contributed by atoms with Gasteiger partial charge in [0.15, 0.2) is 0 Å². The van der Waals surface area contributed by atoms with Gasteiger partial charge in [0.2, 0.25) is 0 Å². The molecule has 4 heteroatoms. The number of nitrogens with two attached hydrogens (primary N) is 1. The second-order valence-corrected chi connectivity index (χ2v) is 5.28. The number of carbonyl (C=O) groups is 1. The number of nitrogen functional groups attached to an aromatic ring is 1. The summed E-state index contributed by atoms with van der Waals surface area (Å²) in [4.78, 5) is 16.3. The second-order valence-electron chi connectivity index (χ2n) is 5.28. The number of ether oxygens (including phenoxy) is 1. The number of nitrogens with zero attached hydrogens (tertiary/aromatic N) is 1. The zero-order valence-corrected chi connectivity index (χ0v) is 13.0. The van der Waals surface area contributed by atoms with Crippen molar-refractivity contribution in [2.45, 2.75) is 13.3 Å². The summed E-state index contributed by atoms with van der Waals surface area (Å²) in [5, 5.41) is 2.03. The second kappa shape index (κ2) is 6.48. The smallest absolute Gasteiger partial charge is 0.310 e. The summed E-state index contributed by atoms with van der Waals surface area (Å²) in [7, 11) is 0. The minimum absolute atomic E-state index is 0.217. The van der Waals surface area contributed by atoms with Crippen molar-refractivity contribution >= 4 is 22.4 Å². The van der Waals surface area contributed by atoms with Gasteiger partial charge >= 0.3 is 5.97 Å². The Morgan fingerprint density at radius 2 is 1.87 bits per heavy atom. The molecule has 4 nitrogen and oxygen atoms in total. The van der Waals surface area contributed by atoms with Crippen LogP contribution in [0.4, 0.5) is 5.69 Å². The van der Waals surface area contributed by atoms with Crippen LogP contribution in [0.1, 0.15) is 12.5 Å². The minimum Gasteiger partial charge on any atom is -0.466 e. The molecule has 1 heterocycles. The van der Waals surface area contributed by atoms with Crippen LogP contribution in [0.25, 0.3) is 22.0 Å². The number of pyridine rings is 1. The maximum absolute atomic E-state index is 11.8. The molecular formula is C19H18N2O2. The average molecular weight is 306 g/mol. The average Bonchev–Trinajstić information content (AvgIpc) is 2.56. The van der Waals surface area contributed by atoms with Crippen molar-refractivity contribution in [2.75, 3.05) is 12.3 Å². The summed E-state index contributed by atoms with van der Waals surface area (Å²) in [5.41, 5.74) is 9.30. The van der Waals surface area contributed by atoms with Gasteiger partial charge < -0.3 is 10.5 Å². The third kappa shape index (κ3) is 3.16. The first-order chi connectivity index (χ1) is 11.2. The van der Waals surface area contributed by atoms with E-state index in [0.717, 1.165) is 33.3 Å². The molecular weight excluding hydrogens is 288 g/mol. The fourth-order valence-corrected chi connectivity index (χ4v) is 2.66. The van der Waals surface area contributed by atoms with E-state index in [1.165, 1.54) is 0 Å². The van der Waals surface area contributed by atoms with Gasteiger partial charge in [0, 0.05) is 22.8 Å². The third-order valence-electron chi connectivity index (χ3n) is 3.72. The molecule has 0 spiro atoms. The Morgan fingerprint density at radius 3 is 2.61 bits per heavy atom. The molecule has 0 atom stereocenters. The van der Waals surface area contributed by atoms with Crippen LogP contribution in [0.2, 0.25) is 0 Å². The summed E-state index contributed by atoms with van der Waals surface area (Å²) >= 11 is 0. The first-order valence-electron chi connectivity index (χ1n) is 7.57. The summed E-state index contributed by atoms with van der Waals surface area (Å²) in [6.07, 6.45) is 2.03. The number of aromatic nitrogens is 1. The van der Waals surface area contributed by atoms with Gasteiger partial charge in [0.25, 0.3) is 0 Å². The molecule has 116 valence electrons. The van der Waals surface area contributed by atoms with E-state index >= 15 is 0 Å². The molecule has 2 aromatic carbocycles. The topological polar surface area (TPSA) is 65.2 Å². The SMILES string of the molecule is CCOC(=O)Cc1cccc2c(-c3ccc(N)cc3)nccc12. The van der Waals surface area contributed by atoms with Crippen LogP contribution < -0.4 is 5.73 Å².